The molecule has 0 spiro atoms. The third kappa shape index (κ3) is 2.84. The van der Waals surface area contributed by atoms with Crippen LogP contribution in [0.3, 0.4) is 0 Å². The fourth-order valence-corrected chi connectivity index (χ4v) is 1.86. The van der Waals surface area contributed by atoms with Crippen LogP contribution in [0.2, 0.25) is 0 Å². The van der Waals surface area contributed by atoms with Gasteiger partial charge in [-0.2, -0.15) is 5.10 Å². The van der Waals surface area contributed by atoms with Gasteiger partial charge >= 0.3 is 0 Å². The van der Waals surface area contributed by atoms with E-state index in [-0.39, 0.29) is 11.9 Å². The van der Waals surface area contributed by atoms with Gasteiger partial charge in [-0.3, -0.25) is 4.79 Å². The molecule has 4 heteroatoms. The van der Waals surface area contributed by atoms with Crippen molar-refractivity contribution in [3.63, 3.8) is 0 Å². The number of amides is 1. The summed E-state index contributed by atoms with van der Waals surface area (Å²) in [4.78, 5) is 14.0. The van der Waals surface area contributed by atoms with E-state index in [0.29, 0.717) is 5.56 Å². The molecule has 4 nitrogen and oxygen atoms in total. The van der Waals surface area contributed by atoms with E-state index < -0.39 is 0 Å². The number of rotatable bonds is 4. The Kier molecular flexibility index (Phi) is 4.00. The monoisotopic (exact) mass is 257 g/mol. The van der Waals surface area contributed by atoms with Crippen LogP contribution in [0, 0.1) is 0 Å². The Morgan fingerprint density at radius 3 is 2.58 bits per heavy atom. The summed E-state index contributed by atoms with van der Waals surface area (Å²) in [7, 11) is 1.85. The highest BCUT2D eigenvalue weighted by atomic mass is 16.2. The number of hydrogen-bond acceptors (Lipinski definition) is 2. The normalized spacial score (nSPS) is 12.2. The van der Waals surface area contributed by atoms with Crippen LogP contribution in [0.4, 0.5) is 0 Å². The molecule has 0 saturated heterocycles. The average Bonchev–Trinajstić information content (AvgIpc) is 2.99. The second-order valence-corrected chi connectivity index (χ2v) is 4.67. The quantitative estimate of drug-likeness (QED) is 0.844. The summed E-state index contributed by atoms with van der Waals surface area (Å²) in [5, 5.41) is 4.16. The van der Waals surface area contributed by atoms with Crippen molar-refractivity contribution in [2.75, 3.05) is 7.05 Å². The molecule has 2 aromatic rings. The van der Waals surface area contributed by atoms with Crippen molar-refractivity contribution in [2.45, 2.75) is 26.3 Å². The second kappa shape index (κ2) is 5.69. The third-order valence-electron chi connectivity index (χ3n) is 3.46. The molecule has 0 aliphatic heterocycles. The molecule has 1 heterocycles. The predicted octanol–water partition coefficient (Wildman–Crippen LogP) is 2.74. The first-order valence-corrected chi connectivity index (χ1v) is 6.50. The highest BCUT2D eigenvalue weighted by Gasteiger charge is 2.15. The van der Waals surface area contributed by atoms with Crippen molar-refractivity contribution in [1.29, 1.82) is 0 Å². The molecule has 19 heavy (non-hydrogen) atoms. The number of benzene rings is 1. The maximum atomic E-state index is 12.2. The lowest BCUT2D eigenvalue weighted by Gasteiger charge is -2.23. The van der Waals surface area contributed by atoms with Gasteiger partial charge in [-0.1, -0.05) is 6.92 Å². The van der Waals surface area contributed by atoms with Gasteiger partial charge in [0.2, 0.25) is 0 Å². The topological polar surface area (TPSA) is 38.1 Å². The molecule has 0 radical (unpaired) electrons. The SMILES string of the molecule is CCC(C)N(C)C(=O)c1ccc(-n2cccn2)cc1. The van der Waals surface area contributed by atoms with E-state index in [0.717, 1.165) is 12.1 Å². The molecule has 0 aliphatic carbocycles. The molecule has 100 valence electrons. The number of nitrogens with zero attached hydrogens (tertiary/aromatic N) is 3. The van der Waals surface area contributed by atoms with Crippen molar-refractivity contribution in [3.05, 3.63) is 48.3 Å². The maximum Gasteiger partial charge on any atom is 0.253 e. The first-order valence-electron chi connectivity index (χ1n) is 6.50. The van der Waals surface area contributed by atoms with E-state index in [4.69, 9.17) is 0 Å². The molecule has 1 atom stereocenters. The minimum atomic E-state index is 0.0568. The smallest absolute Gasteiger partial charge is 0.253 e. The fraction of sp³-hybridized carbons (Fsp3) is 0.333. The Balaban J connectivity index is 2.17. The number of aromatic nitrogens is 2. The van der Waals surface area contributed by atoms with E-state index in [2.05, 4.69) is 18.9 Å². The van der Waals surface area contributed by atoms with Gasteiger partial charge in [-0.15, -0.1) is 0 Å². The summed E-state index contributed by atoms with van der Waals surface area (Å²) in [5.41, 5.74) is 1.66. The molecular formula is C15H19N3O. The van der Waals surface area contributed by atoms with Crippen LogP contribution in [-0.4, -0.2) is 33.7 Å². The molecule has 1 aromatic carbocycles. The summed E-state index contributed by atoms with van der Waals surface area (Å²) in [6, 6.07) is 9.63. The van der Waals surface area contributed by atoms with Crippen molar-refractivity contribution in [1.82, 2.24) is 14.7 Å². The van der Waals surface area contributed by atoms with Crippen molar-refractivity contribution in [3.8, 4) is 5.69 Å². The standard InChI is InChI=1S/C15H19N3O/c1-4-12(2)17(3)15(19)13-6-8-14(9-7-13)18-11-5-10-16-18/h5-12H,4H2,1-3H3. The Morgan fingerprint density at radius 2 is 2.05 bits per heavy atom. The van der Waals surface area contributed by atoms with Gasteiger partial charge in [-0.25, -0.2) is 4.68 Å². The van der Waals surface area contributed by atoms with Gasteiger partial charge in [-0.05, 0) is 43.7 Å². The lowest BCUT2D eigenvalue weighted by molar-refractivity contribution is 0.0740. The van der Waals surface area contributed by atoms with Crippen molar-refractivity contribution in [2.24, 2.45) is 0 Å². The van der Waals surface area contributed by atoms with Crippen LogP contribution in [-0.2, 0) is 0 Å². The molecule has 2 rings (SSSR count). The summed E-state index contributed by atoms with van der Waals surface area (Å²) >= 11 is 0. The van der Waals surface area contributed by atoms with E-state index >= 15 is 0 Å². The molecule has 0 fully saturated rings. The molecule has 0 aliphatic rings. The average molecular weight is 257 g/mol. The lowest BCUT2D eigenvalue weighted by Crippen LogP contribution is -2.34. The third-order valence-corrected chi connectivity index (χ3v) is 3.46. The molecule has 1 unspecified atom stereocenters. The zero-order chi connectivity index (χ0) is 13.8. The van der Waals surface area contributed by atoms with Crippen LogP contribution in [0.1, 0.15) is 30.6 Å². The number of carbonyl (C=O) groups is 1. The van der Waals surface area contributed by atoms with Crippen LogP contribution in [0.25, 0.3) is 5.69 Å². The number of carbonyl (C=O) groups excluding carboxylic acids is 1. The predicted molar refractivity (Wildman–Crippen MR) is 75.4 cm³/mol. The highest BCUT2D eigenvalue weighted by Crippen LogP contribution is 2.12. The Labute approximate surface area is 113 Å². The van der Waals surface area contributed by atoms with Crippen LogP contribution in [0.15, 0.2) is 42.7 Å². The Morgan fingerprint density at radius 1 is 1.37 bits per heavy atom. The Hall–Kier alpha value is -2.10. The van der Waals surface area contributed by atoms with Gasteiger partial charge in [0.15, 0.2) is 0 Å². The number of hydrogen-bond donors (Lipinski definition) is 0. The van der Waals surface area contributed by atoms with E-state index in [1.165, 1.54) is 0 Å². The van der Waals surface area contributed by atoms with Gasteiger partial charge in [0, 0.05) is 31.0 Å². The van der Waals surface area contributed by atoms with Gasteiger partial charge in [0.05, 0.1) is 5.69 Å². The minimum Gasteiger partial charge on any atom is -0.339 e. The molecule has 0 saturated carbocycles. The van der Waals surface area contributed by atoms with Crippen LogP contribution < -0.4 is 0 Å². The maximum absolute atomic E-state index is 12.2. The Bertz CT molecular complexity index is 531. The van der Waals surface area contributed by atoms with Crippen LogP contribution >= 0.6 is 0 Å². The summed E-state index contributed by atoms with van der Waals surface area (Å²) in [6.45, 7) is 4.13. The van der Waals surface area contributed by atoms with Gasteiger partial charge < -0.3 is 4.90 Å². The first kappa shape index (κ1) is 13.3. The van der Waals surface area contributed by atoms with E-state index in [1.54, 1.807) is 15.8 Å². The second-order valence-electron chi connectivity index (χ2n) is 4.67. The summed E-state index contributed by atoms with van der Waals surface area (Å²) in [6.07, 6.45) is 4.56. The van der Waals surface area contributed by atoms with Crippen LogP contribution in [0.5, 0.6) is 0 Å². The highest BCUT2D eigenvalue weighted by molar-refractivity contribution is 5.94. The zero-order valence-electron chi connectivity index (χ0n) is 11.6. The molecule has 0 N–H and O–H groups in total. The molecule has 0 bridgehead atoms. The summed E-state index contributed by atoms with van der Waals surface area (Å²) in [5.74, 6) is 0.0568. The van der Waals surface area contributed by atoms with Crippen molar-refractivity contribution >= 4 is 5.91 Å². The first-order chi connectivity index (χ1) is 9.13. The van der Waals surface area contributed by atoms with Crippen molar-refractivity contribution < 1.29 is 4.79 Å². The van der Waals surface area contributed by atoms with Gasteiger partial charge in [0.25, 0.3) is 5.91 Å². The van der Waals surface area contributed by atoms with E-state index in [1.807, 2.05) is 43.6 Å². The zero-order valence-corrected chi connectivity index (χ0v) is 11.6. The molecule has 1 aromatic heterocycles. The molecular weight excluding hydrogens is 238 g/mol. The van der Waals surface area contributed by atoms with Gasteiger partial charge in [0.1, 0.15) is 0 Å². The summed E-state index contributed by atoms with van der Waals surface area (Å²) < 4.78 is 1.77. The lowest BCUT2D eigenvalue weighted by atomic mass is 10.1. The largest absolute Gasteiger partial charge is 0.339 e. The minimum absolute atomic E-state index is 0.0568. The fourth-order valence-electron chi connectivity index (χ4n) is 1.86. The van der Waals surface area contributed by atoms with E-state index in [9.17, 15) is 4.79 Å². The molecule has 1 amide bonds.